The van der Waals surface area contributed by atoms with Gasteiger partial charge in [-0.2, -0.15) is 0 Å². The van der Waals surface area contributed by atoms with E-state index < -0.39 is 0 Å². The van der Waals surface area contributed by atoms with E-state index in [1.54, 1.807) is 0 Å². The molecule has 0 spiro atoms. The highest BCUT2D eigenvalue weighted by Gasteiger charge is 2.66. The van der Waals surface area contributed by atoms with Crippen molar-refractivity contribution in [3.8, 4) is 0 Å². The molecule has 0 saturated heterocycles. The molecular weight excluding hydrogens is 396 g/mol. The molecule has 0 amide bonds. The van der Waals surface area contributed by atoms with Gasteiger partial charge >= 0.3 is 17.9 Å². The summed E-state index contributed by atoms with van der Waals surface area (Å²) >= 11 is 0. The number of methoxy groups -OCH3 is 1. The molecule has 0 unspecified atom stereocenters. The minimum Gasteiger partial charge on any atom is -0.469 e. The van der Waals surface area contributed by atoms with Crippen LogP contribution in [0.4, 0.5) is 0 Å². The zero-order valence-corrected chi connectivity index (χ0v) is 19.6. The maximum Gasteiger partial charge on any atom is 0.309 e. The number of hydrogen-bond donors (Lipinski definition) is 0. The Bertz CT molecular complexity index is 748. The second kappa shape index (κ2) is 8.08. The lowest BCUT2D eigenvalue weighted by atomic mass is 9.44. The number of esters is 3. The average Bonchev–Trinajstić information content (AvgIpc) is 3.06. The summed E-state index contributed by atoms with van der Waals surface area (Å²) < 4.78 is 16.7. The zero-order valence-electron chi connectivity index (χ0n) is 19.6. The normalized spacial score (nSPS) is 46.2. The third-order valence-electron chi connectivity index (χ3n) is 9.82. The van der Waals surface area contributed by atoms with Crippen LogP contribution < -0.4 is 0 Å². The maximum absolute atomic E-state index is 12.7. The van der Waals surface area contributed by atoms with E-state index in [9.17, 15) is 14.4 Å². The summed E-state index contributed by atoms with van der Waals surface area (Å²) in [5.41, 5.74) is -0.208. The Balaban J connectivity index is 1.64. The molecule has 174 valence electrons. The summed E-state index contributed by atoms with van der Waals surface area (Å²) in [6, 6.07) is 0. The lowest BCUT2D eigenvalue weighted by molar-refractivity contribution is -0.199. The Morgan fingerprint density at radius 3 is 2.19 bits per heavy atom. The first-order valence-corrected chi connectivity index (χ1v) is 12.0. The van der Waals surface area contributed by atoms with Crippen LogP contribution in [0.25, 0.3) is 0 Å². The Morgan fingerprint density at radius 2 is 1.55 bits per heavy atom. The predicted octanol–water partition coefficient (Wildman–Crippen LogP) is 4.29. The van der Waals surface area contributed by atoms with Crippen LogP contribution in [-0.4, -0.2) is 37.2 Å². The Hall–Kier alpha value is -1.59. The first kappa shape index (κ1) is 22.6. The summed E-state index contributed by atoms with van der Waals surface area (Å²) in [6.07, 6.45) is 7.54. The fourth-order valence-electron chi connectivity index (χ4n) is 8.41. The molecule has 4 saturated carbocycles. The number of hydrogen-bond acceptors (Lipinski definition) is 6. The monoisotopic (exact) mass is 434 g/mol. The molecule has 0 aromatic carbocycles. The molecule has 4 rings (SSSR count). The molecule has 0 N–H and O–H groups in total. The van der Waals surface area contributed by atoms with E-state index in [-0.39, 0.29) is 46.9 Å². The Labute approximate surface area is 185 Å². The fraction of sp³-hybridized carbons (Fsp3) is 0.880. The third-order valence-corrected chi connectivity index (χ3v) is 9.82. The summed E-state index contributed by atoms with van der Waals surface area (Å²) in [4.78, 5) is 36.2. The van der Waals surface area contributed by atoms with Crippen molar-refractivity contribution in [2.75, 3.05) is 7.11 Å². The molecule has 6 nitrogen and oxygen atoms in total. The van der Waals surface area contributed by atoms with Crippen molar-refractivity contribution in [1.82, 2.24) is 0 Å². The van der Waals surface area contributed by atoms with Crippen LogP contribution in [0.3, 0.4) is 0 Å². The molecule has 4 fully saturated rings. The van der Waals surface area contributed by atoms with Crippen LogP contribution in [0.5, 0.6) is 0 Å². The second-order valence-electron chi connectivity index (χ2n) is 11.0. The molecule has 0 aromatic heterocycles. The number of fused-ring (bicyclic) bond motifs is 5. The Morgan fingerprint density at radius 1 is 0.839 bits per heavy atom. The van der Waals surface area contributed by atoms with Gasteiger partial charge < -0.3 is 14.2 Å². The van der Waals surface area contributed by atoms with Crippen molar-refractivity contribution in [3.63, 3.8) is 0 Å². The van der Waals surface area contributed by atoms with Gasteiger partial charge in [-0.05, 0) is 80.5 Å². The van der Waals surface area contributed by atoms with Gasteiger partial charge in [0.2, 0.25) is 0 Å². The molecule has 4 aliphatic carbocycles. The van der Waals surface area contributed by atoms with E-state index in [1.165, 1.54) is 21.0 Å². The van der Waals surface area contributed by atoms with E-state index in [2.05, 4.69) is 13.8 Å². The van der Waals surface area contributed by atoms with Gasteiger partial charge in [0.05, 0.1) is 13.0 Å². The van der Waals surface area contributed by atoms with Gasteiger partial charge in [0.15, 0.2) is 0 Å². The van der Waals surface area contributed by atoms with E-state index in [0.29, 0.717) is 23.7 Å². The molecule has 0 heterocycles. The molecule has 0 radical (unpaired) electrons. The topological polar surface area (TPSA) is 78.9 Å². The van der Waals surface area contributed by atoms with Gasteiger partial charge in [0.25, 0.3) is 0 Å². The van der Waals surface area contributed by atoms with Crippen LogP contribution >= 0.6 is 0 Å². The largest absolute Gasteiger partial charge is 0.469 e. The highest BCUT2D eigenvalue weighted by molar-refractivity contribution is 5.74. The molecule has 0 aromatic rings. The average molecular weight is 435 g/mol. The van der Waals surface area contributed by atoms with E-state index >= 15 is 0 Å². The van der Waals surface area contributed by atoms with Crippen LogP contribution in [0, 0.1) is 40.4 Å². The smallest absolute Gasteiger partial charge is 0.309 e. The first-order valence-electron chi connectivity index (χ1n) is 12.0. The number of ether oxygens (including phenoxy) is 3. The first-order chi connectivity index (χ1) is 14.6. The van der Waals surface area contributed by atoms with Crippen molar-refractivity contribution >= 4 is 17.9 Å². The van der Waals surface area contributed by atoms with Gasteiger partial charge in [-0.1, -0.05) is 13.8 Å². The SMILES string of the molecule is COC(=O)[C@@H]1CC[C@@H]2[C@@H]3CC[C@@H]4C[C@H](OC(C)=O)CC[C@]4(C)[C@H]3C[C@H](OC(C)=O)[C@]21C. The number of carbonyl (C=O) groups excluding carboxylic acids is 3. The fourth-order valence-corrected chi connectivity index (χ4v) is 8.41. The molecule has 0 aliphatic heterocycles. The van der Waals surface area contributed by atoms with Crippen molar-refractivity contribution in [2.45, 2.75) is 91.3 Å². The summed E-state index contributed by atoms with van der Waals surface area (Å²) in [5.74, 6) is 1.05. The van der Waals surface area contributed by atoms with E-state index in [1.807, 2.05) is 0 Å². The Kier molecular flexibility index (Phi) is 5.89. The van der Waals surface area contributed by atoms with Gasteiger partial charge in [0.1, 0.15) is 12.2 Å². The highest BCUT2D eigenvalue weighted by Crippen LogP contribution is 2.68. The van der Waals surface area contributed by atoms with Gasteiger partial charge in [-0.3, -0.25) is 14.4 Å². The zero-order chi connectivity index (χ0) is 22.6. The van der Waals surface area contributed by atoms with Crippen molar-refractivity contribution in [2.24, 2.45) is 40.4 Å². The van der Waals surface area contributed by atoms with Crippen molar-refractivity contribution in [1.29, 1.82) is 0 Å². The minimum atomic E-state index is -0.363. The molecule has 6 heteroatoms. The summed E-state index contributed by atoms with van der Waals surface area (Å²) in [5, 5.41) is 0. The standard InChI is InChI=1S/C25H38O6/c1-14(26)30-17-10-11-24(3)16(12-17)6-7-18-19-8-9-20(23(28)29-5)25(19,4)22(13-21(18)24)31-15(2)27/h16-22H,6-13H2,1-5H3/t16-,17-,18+,19-,20+,21+,22+,24+,25-/m1/s1. The maximum atomic E-state index is 12.7. The van der Waals surface area contributed by atoms with Crippen molar-refractivity contribution < 1.29 is 28.6 Å². The van der Waals surface area contributed by atoms with Crippen LogP contribution in [0.15, 0.2) is 0 Å². The lowest BCUT2D eigenvalue weighted by Gasteiger charge is -2.62. The van der Waals surface area contributed by atoms with Gasteiger partial charge in [0, 0.05) is 19.3 Å². The predicted molar refractivity (Wildman–Crippen MR) is 114 cm³/mol. The number of rotatable bonds is 3. The van der Waals surface area contributed by atoms with Crippen LogP contribution in [0.2, 0.25) is 0 Å². The third kappa shape index (κ3) is 3.58. The van der Waals surface area contributed by atoms with Gasteiger partial charge in [-0.25, -0.2) is 0 Å². The molecule has 31 heavy (non-hydrogen) atoms. The molecule has 0 bridgehead atoms. The van der Waals surface area contributed by atoms with Crippen molar-refractivity contribution in [3.05, 3.63) is 0 Å². The lowest BCUT2D eigenvalue weighted by Crippen LogP contribution is -2.60. The highest BCUT2D eigenvalue weighted by atomic mass is 16.5. The minimum absolute atomic E-state index is 0.0282. The number of carbonyl (C=O) groups is 3. The molecule has 9 atom stereocenters. The summed E-state index contributed by atoms with van der Waals surface area (Å²) in [6.45, 7) is 7.55. The second-order valence-corrected chi connectivity index (χ2v) is 11.0. The molecule has 4 aliphatic rings. The molecular formula is C25H38O6. The van der Waals surface area contributed by atoms with Crippen LogP contribution in [0.1, 0.15) is 79.1 Å². The van der Waals surface area contributed by atoms with Crippen LogP contribution in [-0.2, 0) is 28.6 Å². The summed E-state index contributed by atoms with van der Waals surface area (Å²) in [7, 11) is 1.46. The van der Waals surface area contributed by atoms with E-state index in [0.717, 1.165) is 51.4 Å². The van der Waals surface area contributed by atoms with E-state index in [4.69, 9.17) is 14.2 Å². The van der Waals surface area contributed by atoms with Gasteiger partial charge in [-0.15, -0.1) is 0 Å². The quantitative estimate of drug-likeness (QED) is 0.487.